The Morgan fingerprint density at radius 1 is 1.29 bits per heavy atom. The van der Waals surface area contributed by atoms with E-state index in [2.05, 4.69) is 0 Å². The van der Waals surface area contributed by atoms with Crippen LogP contribution in [-0.4, -0.2) is 22.2 Å². The Hall–Kier alpha value is -2.10. The molecule has 0 radical (unpaired) electrons. The highest BCUT2D eigenvalue weighted by Gasteiger charge is 2.03. The van der Waals surface area contributed by atoms with Crippen molar-refractivity contribution < 1.29 is 19.8 Å². The molecule has 0 heterocycles. The van der Waals surface area contributed by atoms with Crippen LogP contribution in [0, 0.1) is 6.92 Å². The molecule has 0 saturated heterocycles. The molecule has 1 aromatic rings. The summed E-state index contributed by atoms with van der Waals surface area (Å²) in [5.41, 5.74) is 2.71. The first kappa shape index (κ1) is 13.0. The Kier molecular flexibility index (Phi) is 4.46. The Morgan fingerprint density at radius 2 is 2.00 bits per heavy atom. The lowest BCUT2D eigenvalue weighted by molar-refractivity contribution is -0.137. The van der Waals surface area contributed by atoms with Gasteiger partial charge in [-0.05, 0) is 36.1 Å². The summed E-state index contributed by atoms with van der Waals surface area (Å²) in [4.78, 5) is 20.9. The van der Waals surface area contributed by atoms with Crippen LogP contribution in [0.25, 0.3) is 6.08 Å². The summed E-state index contributed by atoms with van der Waals surface area (Å²) in [6, 6.07) is 5.48. The molecule has 0 spiro atoms. The van der Waals surface area contributed by atoms with Crippen molar-refractivity contribution in [2.45, 2.75) is 19.8 Å². The molecule has 4 heteroatoms. The molecule has 0 unspecified atom stereocenters. The van der Waals surface area contributed by atoms with E-state index in [9.17, 15) is 9.59 Å². The lowest BCUT2D eigenvalue weighted by atomic mass is 10.0. The largest absolute Gasteiger partial charge is 0.481 e. The van der Waals surface area contributed by atoms with Crippen LogP contribution in [0.3, 0.4) is 0 Å². The van der Waals surface area contributed by atoms with E-state index in [4.69, 9.17) is 10.2 Å². The number of aryl methyl sites for hydroxylation is 2. The van der Waals surface area contributed by atoms with Gasteiger partial charge in [0.05, 0.1) is 0 Å². The summed E-state index contributed by atoms with van der Waals surface area (Å²) in [5.74, 6) is -1.84. The average molecular weight is 234 g/mol. The molecule has 0 aromatic heterocycles. The van der Waals surface area contributed by atoms with E-state index < -0.39 is 11.9 Å². The van der Waals surface area contributed by atoms with Crippen molar-refractivity contribution in [2.24, 2.45) is 0 Å². The molecule has 0 aliphatic rings. The quantitative estimate of drug-likeness (QED) is 0.765. The van der Waals surface area contributed by atoms with E-state index in [0.29, 0.717) is 6.42 Å². The molecule has 0 aliphatic heterocycles. The minimum absolute atomic E-state index is 0.0763. The Bertz CT molecular complexity index is 460. The topological polar surface area (TPSA) is 74.6 Å². The van der Waals surface area contributed by atoms with E-state index in [0.717, 1.165) is 22.8 Å². The number of hydrogen-bond acceptors (Lipinski definition) is 2. The van der Waals surface area contributed by atoms with E-state index in [1.54, 1.807) is 6.07 Å². The lowest BCUT2D eigenvalue weighted by Crippen LogP contribution is -1.99. The highest BCUT2D eigenvalue weighted by Crippen LogP contribution is 2.14. The molecule has 4 nitrogen and oxygen atoms in total. The Labute approximate surface area is 99.2 Å². The second kappa shape index (κ2) is 5.84. The first-order valence-corrected chi connectivity index (χ1v) is 5.21. The van der Waals surface area contributed by atoms with Crippen molar-refractivity contribution in [2.75, 3.05) is 0 Å². The Morgan fingerprint density at radius 3 is 2.59 bits per heavy atom. The predicted octanol–water partition coefficient (Wildman–Crippen LogP) is 2.11. The number of rotatable bonds is 5. The number of aliphatic carboxylic acids is 2. The highest BCUT2D eigenvalue weighted by molar-refractivity contribution is 5.85. The summed E-state index contributed by atoms with van der Waals surface area (Å²) in [6.07, 6.45) is 3.08. The minimum atomic E-state index is -1.00. The van der Waals surface area contributed by atoms with Gasteiger partial charge >= 0.3 is 11.9 Å². The minimum Gasteiger partial charge on any atom is -0.481 e. The van der Waals surface area contributed by atoms with Crippen molar-refractivity contribution in [1.29, 1.82) is 0 Å². The fraction of sp³-hybridized carbons (Fsp3) is 0.231. The second-order valence-electron chi connectivity index (χ2n) is 3.75. The fourth-order valence-electron chi connectivity index (χ4n) is 1.47. The van der Waals surface area contributed by atoms with Crippen LogP contribution in [0.15, 0.2) is 24.3 Å². The molecular weight excluding hydrogens is 220 g/mol. The van der Waals surface area contributed by atoms with Crippen LogP contribution in [0.2, 0.25) is 0 Å². The summed E-state index contributed by atoms with van der Waals surface area (Å²) in [5, 5.41) is 17.1. The normalized spacial score (nSPS) is 10.6. The summed E-state index contributed by atoms with van der Waals surface area (Å²) >= 11 is 0. The van der Waals surface area contributed by atoms with Crippen LogP contribution in [0.1, 0.15) is 23.1 Å². The van der Waals surface area contributed by atoms with Gasteiger partial charge < -0.3 is 10.2 Å². The van der Waals surface area contributed by atoms with Crippen LogP contribution in [0.4, 0.5) is 0 Å². The number of benzene rings is 1. The third-order valence-electron chi connectivity index (χ3n) is 2.40. The Balaban J connectivity index is 2.86. The molecule has 1 rings (SSSR count). The molecule has 0 fully saturated rings. The number of hydrogen-bond donors (Lipinski definition) is 2. The molecule has 17 heavy (non-hydrogen) atoms. The van der Waals surface area contributed by atoms with Gasteiger partial charge in [0, 0.05) is 12.5 Å². The average Bonchev–Trinajstić information content (AvgIpc) is 2.26. The molecule has 0 atom stereocenters. The molecular formula is C13H14O4. The van der Waals surface area contributed by atoms with Crippen LogP contribution in [-0.2, 0) is 16.0 Å². The SMILES string of the molecule is Cc1ccc(/C=C/C(=O)O)cc1CCC(=O)O. The summed E-state index contributed by atoms with van der Waals surface area (Å²) in [6.45, 7) is 1.90. The summed E-state index contributed by atoms with van der Waals surface area (Å²) in [7, 11) is 0. The predicted molar refractivity (Wildman–Crippen MR) is 63.8 cm³/mol. The molecule has 1 aromatic carbocycles. The van der Waals surface area contributed by atoms with Gasteiger partial charge in [0.2, 0.25) is 0 Å². The van der Waals surface area contributed by atoms with Gasteiger partial charge in [-0.2, -0.15) is 0 Å². The van der Waals surface area contributed by atoms with E-state index >= 15 is 0 Å². The zero-order valence-electron chi connectivity index (χ0n) is 9.51. The molecule has 0 bridgehead atoms. The van der Waals surface area contributed by atoms with Crippen molar-refractivity contribution in [3.63, 3.8) is 0 Å². The fourth-order valence-corrected chi connectivity index (χ4v) is 1.47. The third-order valence-corrected chi connectivity index (χ3v) is 2.40. The molecule has 0 saturated carbocycles. The number of carboxylic acid groups (broad SMARTS) is 2. The third kappa shape index (κ3) is 4.51. The van der Waals surface area contributed by atoms with Crippen LogP contribution >= 0.6 is 0 Å². The maximum absolute atomic E-state index is 10.5. The maximum Gasteiger partial charge on any atom is 0.328 e. The van der Waals surface area contributed by atoms with E-state index in [1.807, 2.05) is 19.1 Å². The molecule has 90 valence electrons. The van der Waals surface area contributed by atoms with Crippen molar-refractivity contribution in [3.8, 4) is 0 Å². The standard InChI is InChI=1S/C13H14O4/c1-9-2-3-10(4-6-12(14)15)8-11(9)5-7-13(16)17/h2-4,6,8H,5,7H2,1H3,(H,14,15)(H,16,17)/b6-4+. The summed E-state index contributed by atoms with van der Waals surface area (Å²) < 4.78 is 0. The van der Waals surface area contributed by atoms with Gasteiger partial charge in [0.15, 0.2) is 0 Å². The maximum atomic E-state index is 10.5. The smallest absolute Gasteiger partial charge is 0.328 e. The number of carboxylic acids is 2. The first-order chi connectivity index (χ1) is 7.99. The zero-order valence-corrected chi connectivity index (χ0v) is 9.51. The number of carbonyl (C=O) groups is 2. The zero-order chi connectivity index (χ0) is 12.8. The van der Waals surface area contributed by atoms with Gasteiger partial charge in [0.1, 0.15) is 0 Å². The van der Waals surface area contributed by atoms with E-state index in [-0.39, 0.29) is 6.42 Å². The molecule has 0 amide bonds. The van der Waals surface area contributed by atoms with Gasteiger partial charge in [-0.25, -0.2) is 4.79 Å². The highest BCUT2D eigenvalue weighted by atomic mass is 16.4. The molecule has 2 N–H and O–H groups in total. The monoisotopic (exact) mass is 234 g/mol. The first-order valence-electron chi connectivity index (χ1n) is 5.21. The van der Waals surface area contributed by atoms with Gasteiger partial charge in [-0.3, -0.25) is 4.79 Å². The van der Waals surface area contributed by atoms with Crippen LogP contribution in [0.5, 0.6) is 0 Å². The van der Waals surface area contributed by atoms with Crippen LogP contribution < -0.4 is 0 Å². The second-order valence-corrected chi connectivity index (χ2v) is 3.75. The molecule has 0 aliphatic carbocycles. The van der Waals surface area contributed by atoms with Crippen molar-refractivity contribution in [3.05, 3.63) is 41.0 Å². The van der Waals surface area contributed by atoms with E-state index in [1.165, 1.54) is 6.08 Å². The van der Waals surface area contributed by atoms with Crippen molar-refractivity contribution >= 4 is 18.0 Å². The van der Waals surface area contributed by atoms with Gasteiger partial charge in [-0.1, -0.05) is 18.2 Å². The van der Waals surface area contributed by atoms with Gasteiger partial charge in [-0.15, -0.1) is 0 Å². The van der Waals surface area contributed by atoms with Gasteiger partial charge in [0.25, 0.3) is 0 Å². The lowest BCUT2D eigenvalue weighted by Gasteiger charge is -2.05. The van der Waals surface area contributed by atoms with Crippen molar-refractivity contribution in [1.82, 2.24) is 0 Å².